The molecular formula is C17H23N3. The van der Waals surface area contributed by atoms with Crippen LogP contribution in [-0.2, 0) is 0 Å². The van der Waals surface area contributed by atoms with Crippen molar-refractivity contribution in [2.24, 2.45) is 0 Å². The Kier molecular flexibility index (Phi) is 4.74. The Hall–Kier alpha value is -1.87. The molecule has 0 bridgehead atoms. The quantitative estimate of drug-likeness (QED) is 0.839. The number of benzene rings is 1. The molecule has 0 saturated carbocycles. The number of nitrogens with one attached hydrogen (secondary N) is 1. The Morgan fingerprint density at radius 3 is 2.60 bits per heavy atom. The van der Waals surface area contributed by atoms with Gasteiger partial charge in [-0.1, -0.05) is 24.3 Å². The summed E-state index contributed by atoms with van der Waals surface area (Å²) in [6.45, 7) is 7.53. The minimum atomic E-state index is 0.180. The fraction of sp³-hybridized carbons (Fsp3) is 0.353. The molecule has 0 aliphatic heterocycles. The van der Waals surface area contributed by atoms with E-state index in [9.17, 15) is 0 Å². The first-order chi connectivity index (χ1) is 9.56. The van der Waals surface area contributed by atoms with E-state index in [-0.39, 0.29) is 5.54 Å². The zero-order valence-corrected chi connectivity index (χ0v) is 12.5. The largest absolute Gasteiger partial charge is 0.312 e. The predicted molar refractivity (Wildman–Crippen MR) is 85.0 cm³/mol. The Bertz CT molecular complexity index is 547. The molecule has 0 aliphatic carbocycles. The van der Waals surface area contributed by atoms with Gasteiger partial charge in [-0.2, -0.15) is 5.10 Å². The number of hydrogen-bond donors (Lipinski definition) is 1. The smallest absolute Gasteiger partial charge is 0.0665 e. The van der Waals surface area contributed by atoms with Crippen LogP contribution in [0.5, 0.6) is 0 Å². The molecule has 0 fully saturated rings. The molecule has 3 heteroatoms. The van der Waals surface area contributed by atoms with Gasteiger partial charge < -0.3 is 5.32 Å². The number of aromatic nitrogens is 2. The van der Waals surface area contributed by atoms with Crippen molar-refractivity contribution in [1.29, 1.82) is 0 Å². The summed E-state index contributed by atoms with van der Waals surface area (Å²) in [6, 6.07) is 12.2. The van der Waals surface area contributed by atoms with E-state index < -0.39 is 0 Å². The van der Waals surface area contributed by atoms with E-state index in [0.29, 0.717) is 0 Å². The SMILES string of the molecule is CC(C)(C)NCC/C=C/c1ccnn1-c1ccccc1. The van der Waals surface area contributed by atoms with Crippen molar-refractivity contribution < 1.29 is 0 Å². The lowest BCUT2D eigenvalue weighted by molar-refractivity contribution is 0.431. The fourth-order valence-corrected chi connectivity index (χ4v) is 1.96. The van der Waals surface area contributed by atoms with Crippen molar-refractivity contribution in [2.75, 3.05) is 6.54 Å². The Balaban J connectivity index is 1.96. The van der Waals surface area contributed by atoms with E-state index in [1.165, 1.54) is 0 Å². The second kappa shape index (κ2) is 6.53. The molecule has 0 atom stereocenters. The standard InChI is InChI=1S/C17H23N3/c1-17(2,3)18-13-8-7-11-16-12-14-19-20(16)15-9-5-4-6-10-15/h4-7,9-12,14,18H,8,13H2,1-3H3/b11-7+. The molecule has 0 unspecified atom stereocenters. The molecule has 2 aromatic rings. The number of para-hydroxylation sites is 1. The molecule has 1 heterocycles. The molecule has 0 spiro atoms. The topological polar surface area (TPSA) is 29.9 Å². The zero-order valence-electron chi connectivity index (χ0n) is 12.5. The van der Waals surface area contributed by atoms with Crippen molar-refractivity contribution in [3.63, 3.8) is 0 Å². The van der Waals surface area contributed by atoms with Crippen molar-refractivity contribution >= 4 is 6.08 Å². The van der Waals surface area contributed by atoms with E-state index >= 15 is 0 Å². The number of hydrogen-bond acceptors (Lipinski definition) is 2. The summed E-state index contributed by atoms with van der Waals surface area (Å²) in [5, 5.41) is 7.85. The fourth-order valence-electron chi connectivity index (χ4n) is 1.96. The molecular weight excluding hydrogens is 246 g/mol. The average Bonchev–Trinajstić information content (AvgIpc) is 2.86. The van der Waals surface area contributed by atoms with Crippen LogP contribution in [0, 0.1) is 0 Å². The maximum atomic E-state index is 4.37. The van der Waals surface area contributed by atoms with Crippen molar-refractivity contribution in [3.8, 4) is 5.69 Å². The summed E-state index contributed by atoms with van der Waals surface area (Å²) in [6.07, 6.45) is 7.16. The molecule has 106 valence electrons. The van der Waals surface area contributed by atoms with Crippen LogP contribution in [0.25, 0.3) is 11.8 Å². The highest BCUT2D eigenvalue weighted by Crippen LogP contribution is 2.11. The van der Waals surface area contributed by atoms with Crippen molar-refractivity contribution in [1.82, 2.24) is 15.1 Å². The molecule has 1 aromatic heterocycles. The maximum absolute atomic E-state index is 4.37. The third kappa shape index (κ3) is 4.35. The highest BCUT2D eigenvalue weighted by Gasteiger charge is 2.06. The second-order valence-corrected chi connectivity index (χ2v) is 5.87. The molecule has 3 nitrogen and oxygen atoms in total. The van der Waals surface area contributed by atoms with E-state index in [4.69, 9.17) is 0 Å². The van der Waals surface area contributed by atoms with Crippen LogP contribution >= 0.6 is 0 Å². The zero-order chi connectivity index (χ0) is 14.4. The monoisotopic (exact) mass is 269 g/mol. The van der Waals surface area contributed by atoms with Crippen molar-refractivity contribution in [2.45, 2.75) is 32.7 Å². The van der Waals surface area contributed by atoms with Gasteiger partial charge in [0.25, 0.3) is 0 Å². The third-order valence-corrected chi connectivity index (χ3v) is 2.93. The summed E-state index contributed by atoms with van der Waals surface area (Å²) in [5.74, 6) is 0. The van der Waals surface area contributed by atoms with E-state index in [0.717, 1.165) is 24.3 Å². The van der Waals surface area contributed by atoms with E-state index in [1.54, 1.807) is 0 Å². The average molecular weight is 269 g/mol. The molecule has 2 rings (SSSR count). The van der Waals surface area contributed by atoms with Gasteiger partial charge >= 0.3 is 0 Å². The van der Waals surface area contributed by atoms with Gasteiger partial charge in [0.2, 0.25) is 0 Å². The molecule has 1 aromatic carbocycles. The first-order valence-corrected chi connectivity index (χ1v) is 7.07. The summed E-state index contributed by atoms with van der Waals surface area (Å²) >= 11 is 0. The molecule has 0 aliphatic rings. The lowest BCUT2D eigenvalue weighted by atomic mass is 10.1. The van der Waals surface area contributed by atoms with Gasteiger partial charge in [0.15, 0.2) is 0 Å². The van der Waals surface area contributed by atoms with Gasteiger partial charge in [-0.25, -0.2) is 4.68 Å². The lowest BCUT2D eigenvalue weighted by Crippen LogP contribution is -2.36. The summed E-state index contributed by atoms with van der Waals surface area (Å²) < 4.78 is 1.95. The molecule has 1 N–H and O–H groups in total. The maximum Gasteiger partial charge on any atom is 0.0665 e. The van der Waals surface area contributed by atoms with Crippen LogP contribution in [0.3, 0.4) is 0 Å². The van der Waals surface area contributed by atoms with Gasteiger partial charge in [0.05, 0.1) is 17.6 Å². The van der Waals surface area contributed by atoms with E-state index in [1.807, 2.05) is 35.1 Å². The van der Waals surface area contributed by atoms with Crippen LogP contribution < -0.4 is 5.32 Å². The van der Waals surface area contributed by atoms with Crippen LogP contribution in [0.4, 0.5) is 0 Å². The summed E-state index contributed by atoms with van der Waals surface area (Å²) in [4.78, 5) is 0. The lowest BCUT2D eigenvalue weighted by Gasteiger charge is -2.19. The normalized spacial score (nSPS) is 12.2. The van der Waals surface area contributed by atoms with Gasteiger partial charge in [0, 0.05) is 5.54 Å². The van der Waals surface area contributed by atoms with Gasteiger partial charge in [-0.05, 0) is 58.0 Å². The van der Waals surface area contributed by atoms with Gasteiger partial charge in [-0.15, -0.1) is 0 Å². The molecule has 0 saturated heterocycles. The minimum Gasteiger partial charge on any atom is -0.312 e. The molecule has 20 heavy (non-hydrogen) atoms. The van der Waals surface area contributed by atoms with Crippen LogP contribution in [-0.4, -0.2) is 21.9 Å². The molecule has 0 amide bonds. The number of nitrogens with zero attached hydrogens (tertiary/aromatic N) is 2. The second-order valence-electron chi connectivity index (χ2n) is 5.87. The number of rotatable bonds is 5. The van der Waals surface area contributed by atoms with E-state index in [2.05, 4.69) is 55.5 Å². The predicted octanol–water partition coefficient (Wildman–Crippen LogP) is 3.66. The van der Waals surface area contributed by atoms with Gasteiger partial charge in [-0.3, -0.25) is 0 Å². The van der Waals surface area contributed by atoms with Crippen LogP contribution in [0.2, 0.25) is 0 Å². The highest BCUT2D eigenvalue weighted by molar-refractivity contribution is 5.48. The summed E-state index contributed by atoms with van der Waals surface area (Å²) in [7, 11) is 0. The first kappa shape index (κ1) is 14.5. The summed E-state index contributed by atoms with van der Waals surface area (Å²) in [5.41, 5.74) is 2.37. The molecule has 0 radical (unpaired) electrons. The Morgan fingerprint density at radius 2 is 1.90 bits per heavy atom. The Morgan fingerprint density at radius 1 is 1.15 bits per heavy atom. The van der Waals surface area contributed by atoms with Gasteiger partial charge in [0.1, 0.15) is 0 Å². The first-order valence-electron chi connectivity index (χ1n) is 7.07. The van der Waals surface area contributed by atoms with Crippen LogP contribution in [0.15, 0.2) is 48.7 Å². The minimum absolute atomic E-state index is 0.180. The Labute approximate surface area is 121 Å². The highest BCUT2D eigenvalue weighted by atomic mass is 15.3. The van der Waals surface area contributed by atoms with Crippen molar-refractivity contribution in [3.05, 3.63) is 54.4 Å². The third-order valence-electron chi connectivity index (χ3n) is 2.93. The van der Waals surface area contributed by atoms with Crippen LogP contribution in [0.1, 0.15) is 32.9 Å².